The third-order valence-electron chi connectivity index (χ3n) is 3.36. The number of alkyl halides is 3. The van der Waals surface area contributed by atoms with Crippen molar-refractivity contribution in [2.24, 2.45) is 0 Å². The first kappa shape index (κ1) is 14.8. The van der Waals surface area contributed by atoms with E-state index in [-0.39, 0.29) is 24.9 Å². The highest BCUT2D eigenvalue weighted by atomic mass is 19.4. The van der Waals surface area contributed by atoms with Gasteiger partial charge in [0, 0.05) is 20.2 Å². The van der Waals surface area contributed by atoms with Crippen molar-refractivity contribution in [2.75, 3.05) is 37.0 Å². The van der Waals surface area contributed by atoms with E-state index in [9.17, 15) is 18.3 Å². The Bertz CT molecular complexity index is 498. The number of aliphatic hydroxyl groups is 1. The molecule has 1 saturated heterocycles. The molecule has 1 aromatic heterocycles. The van der Waals surface area contributed by atoms with Gasteiger partial charge in [-0.2, -0.15) is 18.2 Å². The van der Waals surface area contributed by atoms with E-state index in [2.05, 4.69) is 9.97 Å². The maximum Gasteiger partial charge on any atom is 0.433 e. The summed E-state index contributed by atoms with van der Waals surface area (Å²) in [5.41, 5.74) is -1.83. The first-order valence-electron chi connectivity index (χ1n) is 6.25. The van der Waals surface area contributed by atoms with Crippen LogP contribution in [0.4, 0.5) is 24.9 Å². The van der Waals surface area contributed by atoms with Crippen molar-refractivity contribution in [1.82, 2.24) is 9.97 Å². The van der Waals surface area contributed by atoms with Crippen LogP contribution in [0.25, 0.3) is 0 Å². The van der Waals surface area contributed by atoms with Gasteiger partial charge >= 0.3 is 6.18 Å². The Labute approximate surface area is 115 Å². The highest BCUT2D eigenvalue weighted by molar-refractivity contribution is 5.47. The van der Waals surface area contributed by atoms with Gasteiger partial charge in [-0.15, -0.1) is 0 Å². The van der Waals surface area contributed by atoms with Gasteiger partial charge in [-0.3, -0.25) is 0 Å². The number of anilines is 2. The Morgan fingerprint density at radius 2 is 1.95 bits per heavy atom. The predicted molar refractivity (Wildman–Crippen MR) is 68.8 cm³/mol. The van der Waals surface area contributed by atoms with Gasteiger partial charge in [0.15, 0.2) is 5.69 Å². The molecule has 0 amide bonds. The Morgan fingerprint density at radius 1 is 1.35 bits per heavy atom. The van der Waals surface area contributed by atoms with Crippen LogP contribution in [-0.4, -0.2) is 47.9 Å². The molecule has 2 rings (SSSR count). The molecule has 0 radical (unpaired) electrons. The molecule has 0 spiro atoms. The largest absolute Gasteiger partial charge is 0.433 e. The minimum atomic E-state index is -4.52. The minimum Gasteiger partial charge on any atom is -0.386 e. The summed E-state index contributed by atoms with van der Waals surface area (Å²) in [5, 5.41) is 9.93. The molecule has 0 bridgehead atoms. The Hall–Kier alpha value is -1.57. The highest BCUT2D eigenvalue weighted by Gasteiger charge is 2.42. The molecule has 2 heterocycles. The molecule has 0 unspecified atom stereocenters. The first-order chi connectivity index (χ1) is 9.14. The molecule has 8 heteroatoms. The Kier molecular flexibility index (Phi) is 3.53. The van der Waals surface area contributed by atoms with E-state index in [1.165, 1.54) is 4.90 Å². The van der Waals surface area contributed by atoms with Crippen LogP contribution < -0.4 is 9.80 Å². The van der Waals surface area contributed by atoms with Crippen molar-refractivity contribution in [3.63, 3.8) is 0 Å². The molecule has 0 saturated carbocycles. The van der Waals surface area contributed by atoms with Crippen LogP contribution in [0.3, 0.4) is 0 Å². The second kappa shape index (κ2) is 4.76. The molecule has 0 aliphatic carbocycles. The maximum absolute atomic E-state index is 12.8. The minimum absolute atomic E-state index is 0.00153. The molecular formula is C12H17F3N4O. The van der Waals surface area contributed by atoms with Crippen LogP contribution in [0, 0.1) is 0 Å². The summed E-state index contributed by atoms with van der Waals surface area (Å²) in [4.78, 5) is 10.7. The van der Waals surface area contributed by atoms with Gasteiger partial charge in [0.25, 0.3) is 0 Å². The molecule has 0 atom stereocenters. The Morgan fingerprint density at radius 3 is 2.40 bits per heavy atom. The van der Waals surface area contributed by atoms with Gasteiger partial charge in [-0.05, 0) is 6.42 Å². The molecule has 1 N–H and O–H groups in total. The number of hydrogen-bond acceptors (Lipinski definition) is 5. The number of aromatic nitrogens is 2. The van der Waals surface area contributed by atoms with Gasteiger partial charge in [0.05, 0.1) is 18.7 Å². The van der Waals surface area contributed by atoms with E-state index in [4.69, 9.17) is 0 Å². The van der Waals surface area contributed by atoms with Crippen molar-refractivity contribution in [1.29, 1.82) is 0 Å². The number of halogens is 3. The zero-order chi connectivity index (χ0) is 15.1. The van der Waals surface area contributed by atoms with Gasteiger partial charge in [0.1, 0.15) is 5.82 Å². The van der Waals surface area contributed by atoms with E-state index in [1.54, 1.807) is 19.0 Å². The highest BCUT2D eigenvalue weighted by Crippen LogP contribution is 2.33. The molecule has 1 aromatic rings. The first-order valence-corrected chi connectivity index (χ1v) is 6.25. The summed E-state index contributed by atoms with van der Waals surface area (Å²) in [6.07, 6.45) is -3.97. The fourth-order valence-electron chi connectivity index (χ4n) is 1.97. The third kappa shape index (κ3) is 2.79. The van der Waals surface area contributed by atoms with Crippen LogP contribution in [0.5, 0.6) is 0 Å². The molecule has 1 aliphatic rings. The lowest BCUT2D eigenvalue weighted by atomic mass is 9.92. The monoisotopic (exact) mass is 290 g/mol. The van der Waals surface area contributed by atoms with Crippen molar-refractivity contribution in [3.05, 3.63) is 11.8 Å². The SMILES string of the molecule is CCC1(O)CN(c2nc(N(C)C)cc(C(F)(F)F)n2)C1. The topological polar surface area (TPSA) is 52.5 Å². The van der Waals surface area contributed by atoms with Gasteiger partial charge in [-0.25, -0.2) is 4.98 Å². The normalized spacial score (nSPS) is 17.9. The number of nitrogens with zero attached hydrogens (tertiary/aromatic N) is 4. The zero-order valence-electron chi connectivity index (χ0n) is 11.6. The summed E-state index contributed by atoms with van der Waals surface area (Å²) >= 11 is 0. The fraction of sp³-hybridized carbons (Fsp3) is 0.667. The van der Waals surface area contributed by atoms with Crippen molar-refractivity contribution in [3.8, 4) is 0 Å². The van der Waals surface area contributed by atoms with Gasteiger partial charge in [0.2, 0.25) is 5.95 Å². The molecule has 5 nitrogen and oxygen atoms in total. The lowest BCUT2D eigenvalue weighted by Crippen LogP contribution is -2.62. The molecule has 20 heavy (non-hydrogen) atoms. The van der Waals surface area contributed by atoms with Crippen molar-refractivity contribution < 1.29 is 18.3 Å². The smallest absolute Gasteiger partial charge is 0.386 e. The fourth-order valence-corrected chi connectivity index (χ4v) is 1.97. The Balaban J connectivity index is 2.32. The molecule has 1 fully saturated rings. The molecule has 112 valence electrons. The lowest BCUT2D eigenvalue weighted by Gasteiger charge is -2.46. The van der Waals surface area contributed by atoms with E-state index in [0.717, 1.165) is 6.07 Å². The zero-order valence-corrected chi connectivity index (χ0v) is 11.6. The second-order valence-corrected chi connectivity index (χ2v) is 5.24. The van der Waals surface area contributed by atoms with E-state index in [1.807, 2.05) is 6.92 Å². The predicted octanol–water partition coefficient (Wildman–Crippen LogP) is 1.52. The van der Waals surface area contributed by atoms with Gasteiger partial charge < -0.3 is 14.9 Å². The molecule has 1 aliphatic heterocycles. The van der Waals surface area contributed by atoms with Crippen LogP contribution >= 0.6 is 0 Å². The summed E-state index contributed by atoms with van der Waals surface area (Å²) < 4.78 is 38.5. The van der Waals surface area contributed by atoms with E-state index < -0.39 is 17.5 Å². The van der Waals surface area contributed by atoms with Crippen LogP contribution in [-0.2, 0) is 6.18 Å². The number of rotatable bonds is 3. The van der Waals surface area contributed by atoms with E-state index >= 15 is 0 Å². The lowest BCUT2D eigenvalue weighted by molar-refractivity contribution is -0.141. The summed E-state index contributed by atoms with van der Waals surface area (Å²) in [6.45, 7) is 2.32. The quantitative estimate of drug-likeness (QED) is 0.915. The molecule has 0 aromatic carbocycles. The standard InChI is InChI=1S/C12H17F3N4O/c1-4-11(20)6-19(7-11)10-16-8(12(13,14)15)5-9(17-10)18(2)3/h5,20H,4,6-7H2,1-3H3. The second-order valence-electron chi connectivity index (χ2n) is 5.24. The molecular weight excluding hydrogens is 273 g/mol. The van der Waals surface area contributed by atoms with Crippen LogP contribution in [0.15, 0.2) is 6.07 Å². The average molecular weight is 290 g/mol. The summed E-state index contributed by atoms with van der Waals surface area (Å²) in [5.74, 6) is 0.191. The van der Waals surface area contributed by atoms with Crippen molar-refractivity contribution >= 4 is 11.8 Å². The average Bonchev–Trinajstić information content (AvgIpc) is 2.33. The van der Waals surface area contributed by atoms with Gasteiger partial charge in [-0.1, -0.05) is 6.92 Å². The van der Waals surface area contributed by atoms with Crippen molar-refractivity contribution in [2.45, 2.75) is 25.1 Å². The third-order valence-corrected chi connectivity index (χ3v) is 3.36. The summed E-state index contributed by atoms with van der Waals surface area (Å²) in [6, 6.07) is 0.912. The van der Waals surface area contributed by atoms with E-state index in [0.29, 0.717) is 6.42 Å². The summed E-state index contributed by atoms with van der Waals surface area (Å²) in [7, 11) is 3.23. The number of β-amino-alcohol motifs (C(OH)–C–C–N with tert-alkyl or cyclic N) is 1. The van der Waals surface area contributed by atoms with Crippen LogP contribution in [0.1, 0.15) is 19.0 Å². The number of hydrogen-bond donors (Lipinski definition) is 1. The maximum atomic E-state index is 12.8. The van der Waals surface area contributed by atoms with Crippen LogP contribution in [0.2, 0.25) is 0 Å².